The minimum Gasteiger partial charge on any atom is -0.468 e. The lowest BCUT2D eigenvalue weighted by Crippen LogP contribution is -2.45. The lowest BCUT2D eigenvalue weighted by Gasteiger charge is -2.27. The van der Waals surface area contributed by atoms with Gasteiger partial charge in [0.05, 0.1) is 20.2 Å². The van der Waals surface area contributed by atoms with Crippen LogP contribution in [0.4, 0.5) is 0 Å². The number of carbonyl (C=O) groups is 2. The lowest BCUT2D eigenvalue weighted by atomic mass is 10.3. The van der Waals surface area contributed by atoms with Crippen LogP contribution in [0.5, 0.6) is 0 Å². The van der Waals surface area contributed by atoms with Crippen LogP contribution in [0, 0.1) is 0 Å². The Labute approximate surface area is 104 Å². The van der Waals surface area contributed by atoms with Gasteiger partial charge in [-0.15, -0.1) is 0 Å². The van der Waals surface area contributed by atoms with E-state index >= 15 is 0 Å². The van der Waals surface area contributed by atoms with E-state index in [1.807, 2.05) is 32.6 Å². The van der Waals surface area contributed by atoms with E-state index in [0.717, 1.165) is 0 Å². The number of hydrogen-bond acceptors (Lipinski definition) is 4. The van der Waals surface area contributed by atoms with Crippen LogP contribution in [0.15, 0.2) is 0 Å². The highest BCUT2D eigenvalue weighted by Crippen LogP contribution is 2.01. The first-order valence-corrected chi connectivity index (χ1v) is 6.04. The van der Waals surface area contributed by atoms with Crippen LogP contribution < -0.4 is 0 Å². The maximum atomic E-state index is 11.9. The van der Waals surface area contributed by atoms with Crippen LogP contribution in [0.1, 0.15) is 27.7 Å². The Hall–Kier alpha value is -1.10. The van der Waals surface area contributed by atoms with Crippen molar-refractivity contribution in [1.29, 1.82) is 0 Å². The average Bonchev–Trinajstić information content (AvgIpc) is 2.29. The van der Waals surface area contributed by atoms with Gasteiger partial charge in [-0.2, -0.15) is 0 Å². The predicted octanol–water partition coefficient (Wildman–Crippen LogP) is 0.738. The summed E-state index contributed by atoms with van der Waals surface area (Å²) in [5.74, 6) is -0.265. The van der Waals surface area contributed by atoms with Gasteiger partial charge in [-0.25, -0.2) is 0 Å². The first kappa shape index (κ1) is 15.9. The molecule has 5 heteroatoms. The number of nitrogens with zero attached hydrogens (tertiary/aromatic N) is 2. The molecule has 0 aromatic carbocycles. The van der Waals surface area contributed by atoms with E-state index in [9.17, 15) is 9.59 Å². The lowest BCUT2D eigenvalue weighted by molar-refractivity contribution is -0.143. The number of rotatable bonds is 7. The summed E-state index contributed by atoms with van der Waals surface area (Å²) in [6, 6.07) is 0.133. The Morgan fingerprint density at radius 2 is 1.65 bits per heavy atom. The second-order valence-corrected chi connectivity index (χ2v) is 4.14. The summed E-state index contributed by atoms with van der Waals surface area (Å²) in [6.45, 7) is 9.61. The molecule has 0 rings (SSSR count). The first-order valence-electron chi connectivity index (χ1n) is 6.04. The molecular weight excluding hydrogens is 220 g/mol. The fourth-order valence-electron chi connectivity index (χ4n) is 1.50. The smallest absolute Gasteiger partial charge is 0.319 e. The van der Waals surface area contributed by atoms with E-state index in [-0.39, 0.29) is 31.0 Å². The molecule has 0 N–H and O–H groups in total. The highest BCUT2D eigenvalue weighted by molar-refractivity contribution is 5.79. The van der Waals surface area contributed by atoms with Crippen molar-refractivity contribution < 1.29 is 14.3 Å². The number of amides is 1. The van der Waals surface area contributed by atoms with Gasteiger partial charge in [0, 0.05) is 19.1 Å². The van der Waals surface area contributed by atoms with E-state index in [1.165, 1.54) is 7.11 Å². The Morgan fingerprint density at radius 1 is 1.12 bits per heavy atom. The monoisotopic (exact) mass is 244 g/mol. The molecule has 0 fully saturated rings. The molecular formula is C12H24N2O3. The van der Waals surface area contributed by atoms with Crippen molar-refractivity contribution in [2.45, 2.75) is 33.7 Å². The predicted molar refractivity (Wildman–Crippen MR) is 66.7 cm³/mol. The Kier molecular flexibility index (Phi) is 7.54. The van der Waals surface area contributed by atoms with Crippen molar-refractivity contribution in [3.63, 3.8) is 0 Å². The van der Waals surface area contributed by atoms with Crippen molar-refractivity contribution in [3.05, 3.63) is 0 Å². The first-order chi connectivity index (χ1) is 7.96. The third-order valence-corrected chi connectivity index (χ3v) is 2.74. The molecule has 0 saturated carbocycles. The molecule has 0 aromatic rings. The Balaban J connectivity index is 4.44. The van der Waals surface area contributed by atoms with Crippen LogP contribution in [0.2, 0.25) is 0 Å². The molecule has 0 bridgehead atoms. The van der Waals surface area contributed by atoms with Crippen LogP contribution in [0.25, 0.3) is 0 Å². The molecule has 17 heavy (non-hydrogen) atoms. The molecule has 5 nitrogen and oxygen atoms in total. The highest BCUT2D eigenvalue weighted by Gasteiger charge is 2.20. The molecule has 100 valence electrons. The zero-order valence-electron chi connectivity index (χ0n) is 11.5. The van der Waals surface area contributed by atoms with Crippen molar-refractivity contribution in [2.24, 2.45) is 0 Å². The molecule has 0 aromatic heterocycles. The van der Waals surface area contributed by atoms with Crippen LogP contribution in [0.3, 0.4) is 0 Å². The number of methoxy groups -OCH3 is 1. The van der Waals surface area contributed by atoms with E-state index in [4.69, 9.17) is 0 Å². The minimum atomic E-state index is -0.314. The van der Waals surface area contributed by atoms with E-state index in [0.29, 0.717) is 13.1 Å². The van der Waals surface area contributed by atoms with Gasteiger partial charge in [0.1, 0.15) is 0 Å². The normalized spacial score (nSPS) is 10.8. The summed E-state index contributed by atoms with van der Waals surface area (Å²) in [5.41, 5.74) is 0. The summed E-state index contributed by atoms with van der Waals surface area (Å²) in [5, 5.41) is 0. The van der Waals surface area contributed by atoms with Gasteiger partial charge < -0.3 is 9.64 Å². The molecule has 0 aliphatic rings. The third kappa shape index (κ3) is 5.68. The second kappa shape index (κ2) is 8.06. The van der Waals surface area contributed by atoms with Crippen molar-refractivity contribution in [2.75, 3.05) is 33.3 Å². The van der Waals surface area contributed by atoms with Crippen LogP contribution in [-0.4, -0.2) is 61.0 Å². The van der Waals surface area contributed by atoms with Crippen LogP contribution >= 0.6 is 0 Å². The number of esters is 1. The number of hydrogen-bond donors (Lipinski definition) is 0. The van der Waals surface area contributed by atoms with Gasteiger partial charge in [-0.1, -0.05) is 0 Å². The fraction of sp³-hybridized carbons (Fsp3) is 0.833. The molecule has 0 aliphatic carbocycles. The molecule has 0 saturated heterocycles. The third-order valence-electron chi connectivity index (χ3n) is 2.74. The Morgan fingerprint density at radius 3 is 2.00 bits per heavy atom. The van der Waals surface area contributed by atoms with Crippen LogP contribution in [-0.2, 0) is 14.3 Å². The highest BCUT2D eigenvalue weighted by atomic mass is 16.5. The number of carbonyl (C=O) groups excluding carboxylic acids is 2. The Bertz CT molecular complexity index is 250. The van der Waals surface area contributed by atoms with E-state index < -0.39 is 0 Å². The van der Waals surface area contributed by atoms with Gasteiger partial charge in [0.15, 0.2) is 0 Å². The average molecular weight is 244 g/mol. The van der Waals surface area contributed by atoms with Gasteiger partial charge in [-0.3, -0.25) is 14.5 Å². The molecule has 0 radical (unpaired) electrons. The summed E-state index contributed by atoms with van der Waals surface area (Å²) in [4.78, 5) is 26.7. The summed E-state index contributed by atoms with van der Waals surface area (Å²) >= 11 is 0. The maximum absolute atomic E-state index is 11.9. The topological polar surface area (TPSA) is 49.9 Å². The van der Waals surface area contributed by atoms with Crippen molar-refractivity contribution >= 4 is 11.9 Å². The summed E-state index contributed by atoms with van der Waals surface area (Å²) in [7, 11) is 1.35. The molecule has 0 atom stereocenters. The maximum Gasteiger partial charge on any atom is 0.319 e. The second-order valence-electron chi connectivity index (χ2n) is 4.14. The molecule has 1 amide bonds. The van der Waals surface area contributed by atoms with Crippen molar-refractivity contribution in [1.82, 2.24) is 9.80 Å². The largest absolute Gasteiger partial charge is 0.468 e. The van der Waals surface area contributed by atoms with E-state index in [2.05, 4.69) is 4.74 Å². The van der Waals surface area contributed by atoms with Gasteiger partial charge in [0.2, 0.25) is 5.91 Å². The van der Waals surface area contributed by atoms with Gasteiger partial charge in [0.25, 0.3) is 0 Å². The molecule has 0 aliphatic heterocycles. The quantitative estimate of drug-likeness (QED) is 0.620. The standard InChI is InChI=1S/C12H24N2O3/c1-6-13(7-2)11(15)8-14(10(3)4)9-12(16)17-5/h10H,6-9H2,1-5H3. The minimum absolute atomic E-state index is 0.0487. The number of likely N-dealkylation sites (N-methyl/N-ethyl adjacent to an activating group) is 1. The van der Waals surface area contributed by atoms with Crippen molar-refractivity contribution in [3.8, 4) is 0 Å². The van der Waals surface area contributed by atoms with Gasteiger partial charge >= 0.3 is 5.97 Å². The van der Waals surface area contributed by atoms with Gasteiger partial charge in [-0.05, 0) is 27.7 Å². The number of ether oxygens (including phenoxy) is 1. The zero-order chi connectivity index (χ0) is 13.4. The molecule has 0 heterocycles. The molecule has 0 unspecified atom stereocenters. The fourth-order valence-corrected chi connectivity index (χ4v) is 1.50. The van der Waals surface area contributed by atoms with E-state index in [1.54, 1.807) is 4.90 Å². The zero-order valence-corrected chi connectivity index (χ0v) is 11.5. The molecule has 0 spiro atoms. The summed E-state index contributed by atoms with van der Waals surface area (Å²) < 4.78 is 4.62. The SMILES string of the molecule is CCN(CC)C(=O)CN(CC(=O)OC)C(C)C. The summed E-state index contributed by atoms with van der Waals surface area (Å²) in [6.07, 6.45) is 0.